The fraction of sp³-hybridized carbons (Fsp3) is 0.0600. The fourth-order valence-electron chi connectivity index (χ4n) is 8.82. The van der Waals surface area contributed by atoms with Gasteiger partial charge < -0.3 is 4.42 Å². The molecule has 11 rings (SSSR count). The number of benzene rings is 8. The molecule has 2 heterocycles. The van der Waals surface area contributed by atoms with E-state index in [1.54, 1.807) is 0 Å². The topological polar surface area (TPSA) is 51.8 Å². The summed E-state index contributed by atoms with van der Waals surface area (Å²) in [6, 6.07) is 57.5. The van der Waals surface area contributed by atoms with Crippen LogP contribution in [0.15, 0.2) is 168 Å². The molecule has 4 heteroatoms. The summed E-state index contributed by atoms with van der Waals surface area (Å²) < 4.78 is 6.81. The van der Waals surface area contributed by atoms with Gasteiger partial charge in [0.25, 0.3) is 0 Å². The molecule has 0 atom stereocenters. The van der Waals surface area contributed by atoms with Crippen molar-refractivity contribution < 1.29 is 4.42 Å². The van der Waals surface area contributed by atoms with Crippen molar-refractivity contribution in [2.45, 2.75) is 19.3 Å². The number of nitrogens with zero attached hydrogens (tertiary/aromatic N) is 3. The van der Waals surface area contributed by atoms with E-state index in [1.165, 1.54) is 33.0 Å². The third-order valence-electron chi connectivity index (χ3n) is 11.3. The molecule has 8 aromatic carbocycles. The zero-order valence-corrected chi connectivity index (χ0v) is 29.8. The van der Waals surface area contributed by atoms with Crippen molar-refractivity contribution in [3.05, 3.63) is 175 Å². The van der Waals surface area contributed by atoms with Crippen molar-refractivity contribution in [1.82, 2.24) is 15.0 Å². The Bertz CT molecular complexity index is 3070. The summed E-state index contributed by atoms with van der Waals surface area (Å²) in [6.45, 7) is 4.71. The number of furan rings is 1. The number of hydrogen-bond acceptors (Lipinski definition) is 4. The molecule has 10 aromatic rings. The molecule has 0 bridgehead atoms. The highest BCUT2D eigenvalue weighted by molar-refractivity contribution is 6.23. The van der Waals surface area contributed by atoms with Gasteiger partial charge in [-0.2, -0.15) is 0 Å². The zero-order chi connectivity index (χ0) is 36.0. The van der Waals surface area contributed by atoms with Crippen LogP contribution in [0.25, 0.3) is 99.9 Å². The van der Waals surface area contributed by atoms with E-state index in [9.17, 15) is 0 Å². The van der Waals surface area contributed by atoms with Gasteiger partial charge >= 0.3 is 0 Å². The molecule has 0 unspecified atom stereocenters. The summed E-state index contributed by atoms with van der Waals surface area (Å²) >= 11 is 0. The molecule has 0 radical (unpaired) electrons. The first-order valence-electron chi connectivity index (χ1n) is 18.5. The van der Waals surface area contributed by atoms with Gasteiger partial charge in [0.05, 0.1) is 0 Å². The van der Waals surface area contributed by atoms with Crippen molar-refractivity contribution in [3.8, 4) is 56.4 Å². The molecular weight excluding hydrogens is 659 g/mol. The molecule has 0 fully saturated rings. The molecule has 0 N–H and O–H groups in total. The second-order valence-corrected chi connectivity index (χ2v) is 14.7. The van der Waals surface area contributed by atoms with Crippen molar-refractivity contribution in [2.24, 2.45) is 0 Å². The Morgan fingerprint density at radius 1 is 0.426 bits per heavy atom. The summed E-state index contributed by atoms with van der Waals surface area (Å²) in [4.78, 5) is 15.1. The summed E-state index contributed by atoms with van der Waals surface area (Å²) in [6.07, 6.45) is 0. The van der Waals surface area contributed by atoms with E-state index in [2.05, 4.69) is 117 Å². The summed E-state index contributed by atoms with van der Waals surface area (Å²) in [5.74, 6) is 1.94. The molecule has 0 saturated carbocycles. The standard InChI is InChI=1S/C50H33N3O/c1-50(2)41-24-14-13-23-39(41)43-36-21-11-12-22-37(36)46-44(45(43)50)40-29-32(25-28-42(40)54-46)33-26-27-38(35-20-10-9-19-34(33)35)49-52-47(30-15-5-3-6-16-30)51-48(53-49)31-17-7-4-8-18-31/h3-29H,1-2H3. The third kappa shape index (κ3) is 4.47. The van der Waals surface area contributed by atoms with Crippen LogP contribution in [0, 0.1) is 0 Å². The van der Waals surface area contributed by atoms with Gasteiger partial charge in [0, 0.05) is 38.3 Å². The van der Waals surface area contributed by atoms with Crippen LogP contribution in [0.2, 0.25) is 0 Å². The normalized spacial score (nSPS) is 13.1. The molecule has 0 spiro atoms. The second kappa shape index (κ2) is 11.5. The van der Waals surface area contributed by atoms with Crippen LogP contribution >= 0.6 is 0 Å². The van der Waals surface area contributed by atoms with E-state index in [0.717, 1.165) is 60.5 Å². The van der Waals surface area contributed by atoms with E-state index < -0.39 is 0 Å². The first-order valence-corrected chi connectivity index (χ1v) is 18.5. The molecule has 2 aromatic heterocycles. The lowest BCUT2D eigenvalue weighted by Crippen LogP contribution is -2.15. The SMILES string of the molecule is CC1(C)c2ccccc2-c2c1c1c3cc(-c4ccc(-c5nc(-c6ccccc6)nc(-c6ccccc6)n5)c5ccccc45)ccc3oc1c1ccccc21. The average molecular weight is 692 g/mol. The molecule has 254 valence electrons. The van der Waals surface area contributed by atoms with Crippen LogP contribution < -0.4 is 0 Å². The molecule has 1 aliphatic rings. The average Bonchev–Trinajstić information content (AvgIpc) is 3.73. The lowest BCUT2D eigenvalue weighted by atomic mass is 9.79. The molecule has 0 aliphatic heterocycles. The maximum absolute atomic E-state index is 6.81. The molecule has 0 saturated heterocycles. The van der Waals surface area contributed by atoms with Gasteiger partial charge in [-0.05, 0) is 67.7 Å². The predicted molar refractivity (Wildman–Crippen MR) is 221 cm³/mol. The van der Waals surface area contributed by atoms with Crippen molar-refractivity contribution in [2.75, 3.05) is 0 Å². The van der Waals surface area contributed by atoms with E-state index in [4.69, 9.17) is 19.4 Å². The van der Waals surface area contributed by atoms with Gasteiger partial charge in [-0.3, -0.25) is 0 Å². The zero-order valence-electron chi connectivity index (χ0n) is 29.8. The summed E-state index contributed by atoms with van der Waals surface area (Å²) in [5, 5.41) is 6.94. The van der Waals surface area contributed by atoms with Crippen LogP contribution in [0.4, 0.5) is 0 Å². The Kier molecular flexibility index (Phi) is 6.56. The van der Waals surface area contributed by atoms with Crippen LogP contribution in [0.1, 0.15) is 25.0 Å². The minimum atomic E-state index is -0.197. The monoisotopic (exact) mass is 691 g/mol. The third-order valence-corrected chi connectivity index (χ3v) is 11.3. The quantitative estimate of drug-likeness (QED) is 0.184. The minimum Gasteiger partial charge on any atom is -0.455 e. The highest BCUT2D eigenvalue weighted by Crippen LogP contribution is 2.56. The number of fused-ring (bicyclic) bond motifs is 11. The molecule has 4 nitrogen and oxygen atoms in total. The van der Waals surface area contributed by atoms with E-state index in [-0.39, 0.29) is 5.41 Å². The van der Waals surface area contributed by atoms with E-state index >= 15 is 0 Å². The highest BCUT2D eigenvalue weighted by atomic mass is 16.3. The van der Waals surface area contributed by atoms with Gasteiger partial charge in [-0.15, -0.1) is 0 Å². The molecular formula is C50H33N3O. The van der Waals surface area contributed by atoms with Crippen LogP contribution in [0.3, 0.4) is 0 Å². The lowest BCUT2D eigenvalue weighted by molar-refractivity contribution is 0.659. The number of hydrogen-bond donors (Lipinski definition) is 0. The Labute approximate surface area is 312 Å². The minimum absolute atomic E-state index is 0.197. The van der Waals surface area contributed by atoms with Gasteiger partial charge in [0.15, 0.2) is 17.5 Å². The smallest absolute Gasteiger partial charge is 0.164 e. The van der Waals surface area contributed by atoms with Gasteiger partial charge in [-0.25, -0.2) is 15.0 Å². The first-order chi connectivity index (χ1) is 26.5. The van der Waals surface area contributed by atoms with E-state index in [1.807, 2.05) is 60.7 Å². The highest BCUT2D eigenvalue weighted by Gasteiger charge is 2.39. The number of aromatic nitrogens is 3. The molecule has 1 aliphatic carbocycles. The number of rotatable bonds is 4. The van der Waals surface area contributed by atoms with Gasteiger partial charge in [0.2, 0.25) is 0 Å². The Hall–Kier alpha value is -6.91. The van der Waals surface area contributed by atoms with Crippen molar-refractivity contribution >= 4 is 43.5 Å². The maximum atomic E-state index is 6.81. The van der Waals surface area contributed by atoms with Crippen LogP contribution in [0.5, 0.6) is 0 Å². The van der Waals surface area contributed by atoms with Gasteiger partial charge in [0.1, 0.15) is 11.2 Å². The Balaban J connectivity index is 1.13. The van der Waals surface area contributed by atoms with E-state index in [0.29, 0.717) is 17.5 Å². The molecule has 54 heavy (non-hydrogen) atoms. The Morgan fingerprint density at radius 2 is 0.981 bits per heavy atom. The maximum Gasteiger partial charge on any atom is 0.164 e. The van der Waals surface area contributed by atoms with Crippen LogP contribution in [-0.4, -0.2) is 15.0 Å². The second-order valence-electron chi connectivity index (χ2n) is 14.7. The summed E-state index contributed by atoms with van der Waals surface area (Å²) in [7, 11) is 0. The van der Waals surface area contributed by atoms with Crippen molar-refractivity contribution in [3.63, 3.8) is 0 Å². The van der Waals surface area contributed by atoms with Crippen molar-refractivity contribution in [1.29, 1.82) is 0 Å². The largest absolute Gasteiger partial charge is 0.455 e. The fourth-order valence-corrected chi connectivity index (χ4v) is 8.82. The molecule has 0 amide bonds. The summed E-state index contributed by atoms with van der Waals surface area (Å²) in [5.41, 5.74) is 12.1. The Morgan fingerprint density at radius 3 is 1.69 bits per heavy atom. The van der Waals surface area contributed by atoms with Crippen LogP contribution in [-0.2, 0) is 5.41 Å². The van der Waals surface area contributed by atoms with Gasteiger partial charge in [-0.1, -0.05) is 159 Å². The first kappa shape index (κ1) is 30.7. The lowest BCUT2D eigenvalue weighted by Gasteiger charge is -2.22. The predicted octanol–water partition coefficient (Wildman–Crippen LogP) is 13.1.